The Kier molecular flexibility index (Phi) is 6.81. The Bertz CT molecular complexity index is 561. The minimum Gasteiger partial charge on any atom is -0.337 e. The zero-order valence-corrected chi connectivity index (χ0v) is 14.8. The van der Waals surface area contributed by atoms with Gasteiger partial charge in [-0.05, 0) is 45.4 Å². The third-order valence-corrected chi connectivity index (χ3v) is 5.28. The summed E-state index contributed by atoms with van der Waals surface area (Å²) in [5, 5.41) is 5.41. The standard InChI is InChI=1S/C15H22ClFN2O2S/c1-10(11-5-6-13(17)12(16)9-11)19-14(20)18-7-8-22(21)15(2,3)4/h5-6,9-10H,7-8H2,1-4H3,(H2,18,19,20)/t10-,22-/m1/s1. The van der Waals surface area contributed by atoms with Crippen LogP contribution in [0, 0.1) is 5.82 Å². The number of carbonyl (C=O) groups is 1. The number of nitrogens with one attached hydrogen (secondary N) is 2. The van der Waals surface area contributed by atoms with Crippen molar-refractivity contribution in [2.75, 3.05) is 12.3 Å². The molecule has 22 heavy (non-hydrogen) atoms. The summed E-state index contributed by atoms with van der Waals surface area (Å²) in [6.45, 7) is 7.78. The van der Waals surface area contributed by atoms with Crippen LogP contribution in [0.2, 0.25) is 5.02 Å². The van der Waals surface area contributed by atoms with Crippen molar-refractivity contribution < 1.29 is 13.4 Å². The molecule has 7 heteroatoms. The molecule has 0 bridgehead atoms. The fourth-order valence-electron chi connectivity index (χ4n) is 1.68. The molecule has 0 aliphatic rings. The third-order valence-electron chi connectivity index (χ3n) is 3.05. The van der Waals surface area contributed by atoms with Gasteiger partial charge in [0.2, 0.25) is 0 Å². The number of hydrogen-bond donors (Lipinski definition) is 2. The highest BCUT2D eigenvalue weighted by Crippen LogP contribution is 2.20. The lowest BCUT2D eigenvalue weighted by Gasteiger charge is -2.18. The van der Waals surface area contributed by atoms with Gasteiger partial charge in [-0.15, -0.1) is 0 Å². The van der Waals surface area contributed by atoms with Crippen molar-refractivity contribution >= 4 is 28.4 Å². The van der Waals surface area contributed by atoms with Crippen molar-refractivity contribution in [2.24, 2.45) is 0 Å². The largest absolute Gasteiger partial charge is 0.337 e. The second kappa shape index (κ2) is 7.92. The fourth-order valence-corrected chi connectivity index (χ4v) is 2.76. The monoisotopic (exact) mass is 348 g/mol. The van der Waals surface area contributed by atoms with E-state index in [-0.39, 0.29) is 21.8 Å². The van der Waals surface area contributed by atoms with Gasteiger partial charge in [0.25, 0.3) is 0 Å². The molecule has 0 heterocycles. The van der Waals surface area contributed by atoms with Crippen LogP contribution in [0.3, 0.4) is 0 Å². The van der Waals surface area contributed by atoms with E-state index in [0.717, 1.165) is 0 Å². The molecule has 0 unspecified atom stereocenters. The molecule has 1 aromatic rings. The van der Waals surface area contributed by atoms with Crippen LogP contribution in [0.5, 0.6) is 0 Å². The number of amides is 2. The lowest BCUT2D eigenvalue weighted by Crippen LogP contribution is -2.40. The van der Waals surface area contributed by atoms with E-state index in [2.05, 4.69) is 10.6 Å². The number of rotatable bonds is 5. The Balaban J connectivity index is 2.44. The van der Waals surface area contributed by atoms with Gasteiger partial charge in [0.1, 0.15) is 5.82 Å². The summed E-state index contributed by atoms with van der Waals surface area (Å²) in [5.74, 6) is -0.0973. The van der Waals surface area contributed by atoms with Crippen LogP contribution in [0.15, 0.2) is 18.2 Å². The summed E-state index contributed by atoms with van der Waals surface area (Å²) in [4.78, 5) is 11.8. The predicted molar refractivity (Wildman–Crippen MR) is 89.1 cm³/mol. The van der Waals surface area contributed by atoms with Crippen molar-refractivity contribution in [3.05, 3.63) is 34.6 Å². The van der Waals surface area contributed by atoms with Crippen LogP contribution in [0.1, 0.15) is 39.3 Å². The first kappa shape index (κ1) is 18.9. The smallest absolute Gasteiger partial charge is 0.315 e. The summed E-state index contributed by atoms with van der Waals surface area (Å²) in [7, 11) is -1.01. The van der Waals surface area contributed by atoms with E-state index >= 15 is 0 Å². The highest BCUT2D eigenvalue weighted by molar-refractivity contribution is 7.86. The van der Waals surface area contributed by atoms with Gasteiger partial charge in [0.05, 0.1) is 11.1 Å². The summed E-state index contributed by atoms with van der Waals surface area (Å²) < 4.78 is 24.7. The Morgan fingerprint density at radius 1 is 1.41 bits per heavy atom. The first-order valence-corrected chi connectivity index (χ1v) is 8.68. The van der Waals surface area contributed by atoms with Crippen molar-refractivity contribution in [3.8, 4) is 0 Å². The molecular weight excluding hydrogens is 327 g/mol. The minimum atomic E-state index is -1.01. The second-order valence-electron chi connectivity index (χ2n) is 5.96. The number of carbonyl (C=O) groups excluding carboxylic acids is 1. The lowest BCUT2D eigenvalue weighted by molar-refractivity contribution is 0.238. The van der Waals surface area contributed by atoms with Gasteiger partial charge in [-0.2, -0.15) is 0 Å². The Morgan fingerprint density at radius 3 is 2.59 bits per heavy atom. The number of urea groups is 1. The SMILES string of the molecule is C[C@@H](NC(=O)NCC[S@@](=O)C(C)(C)C)c1ccc(F)c(Cl)c1. The number of hydrogen-bond acceptors (Lipinski definition) is 2. The molecule has 2 amide bonds. The van der Waals surface area contributed by atoms with E-state index in [9.17, 15) is 13.4 Å². The molecule has 2 atom stereocenters. The highest BCUT2D eigenvalue weighted by Gasteiger charge is 2.19. The van der Waals surface area contributed by atoms with E-state index in [0.29, 0.717) is 17.9 Å². The summed E-state index contributed by atoms with van der Waals surface area (Å²) >= 11 is 5.72. The zero-order chi connectivity index (χ0) is 16.9. The molecule has 0 saturated carbocycles. The maximum Gasteiger partial charge on any atom is 0.315 e. The molecule has 0 fully saturated rings. The highest BCUT2D eigenvalue weighted by atomic mass is 35.5. The van der Waals surface area contributed by atoms with Gasteiger partial charge < -0.3 is 10.6 Å². The molecule has 0 radical (unpaired) electrons. The van der Waals surface area contributed by atoms with Crippen molar-refractivity contribution in [1.29, 1.82) is 0 Å². The maximum atomic E-state index is 13.1. The van der Waals surface area contributed by atoms with Gasteiger partial charge >= 0.3 is 6.03 Å². The first-order valence-electron chi connectivity index (χ1n) is 6.99. The van der Waals surface area contributed by atoms with Gasteiger partial charge in [-0.1, -0.05) is 17.7 Å². The quantitative estimate of drug-likeness (QED) is 0.857. The third kappa shape index (κ3) is 5.93. The topological polar surface area (TPSA) is 58.2 Å². The molecule has 4 nitrogen and oxygen atoms in total. The molecule has 0 aliphatic heterocycles. The Hall–Kier alpha value is -1.14. The second-order valence-corrected chi connectivity index (χ2v) is 8.69. The van der Waals surface area contributed by atoms with E-state index in [4.69, 9.17) is 11.6 Å². The van der Waals surface area contributed by atoms with Crippen molar-refractivity contribution in [3.63, 3.8) is 0 Å². The van der Waals surface area contributed by atoms with E-state index in [1.165, 1.54) is 12.1 Å². The van der Waals surface area contributed by atoms with E-state index < -0.39 is 16.6 Å². The normalized spacial score (nSPS) is 14.3. The van der Waals surface area contributed by atoms with Crippen LogP contribution in [0.25, 0.3) is 0 Å². The molecule has 0 aromatic heterocycles. The first-order chi connectivity index (χ1) is 10.1. The van der Waals surface area contributed by atoms with Gasteiger partial charge in [0, 0.05) is 27.8 Å². The average Bonchev–Trinajstić information content (AvgIpc) is 2.40. The summed E-state index contributed by atoms with van der Waals surface area (Å²) in [6, 6.07) is 3.64. The van der Waals surface area contributed by atoms with Crippen LogP contribution >= 0.6 is 11.6 Å². The maximum absolute atomic E-state index is 13.1. The van der Waals surface area contributed by atoms with Crippen LogP contribution < -0.4 is 10.6 Å². The zero-order valence-electron chi connectivity index (χ0n) is 13.2. The minimum absolute atomic E-state index is 0.0205. The Labute approximate surface area is 138 Å². The predicted octanol–water partition coefficient (Wildman–Crippen LogP) is 3.39. The van der Waals surface area contributed by atoms with E-state index in [1.807, 2.05) is 20.8 Å². The molecule has 2 N–H and O–H groups in total. The molecular formula is C15H22ClFN2O2S. The average molecular weight is 349 g/mol. The Morgan fingerprint density at radius 2 is 2.05 bits per heavy atom. The summed E-state index contributed by atoms with van der Waals surface area (Å²) in [5.41, 5.74) is 0.708. The molecule has 0 aliphatic carbocycles. The molecule has 0 spiro atoms. The van der Waals surface area contributed by atoms with Gasteiger partial charge in [-0.3, -0.25) is 4.21 Å². The lowest BCUT2D eigenvalue weighted by atomic mass is 10.1. The molecule has 1 aromatic carbocycles. The van der Waals surface area contributed by atoms with Crippen molar-refractivity contribution in [2.45, 2.75) is 38.5 Å². The summed E-state index contributed by atoms with van der Waals surface area (Å²) in [6.07, 6.45) is 0. The van der Waals surface area contributed by atoms with Crippen LogP contribution in [-0.4, -0.2) is 27.3 Å². The van der Waals surface area contributed by atoms with Gasteiger partial charge in [-0.25, -0.2) is 9.18 Å². The van der Waals surface area contributed by atoms with Crippen molar-refractivity contribution in [1.82, 2.24) is 10.6 Å². The number of benzene rings is 1. The molecule has 1 rings (SSSR count). The van der Waals surface area contributed by atoms with Crippen LogP contribution in [0.4, 0.5) is 9.18 Å². The molecule has 124 valence electrons. The fraction of sp³-hybridized carbons (Fsp3) is 0.533. The van der Waals surface area contributed by atoms with E-state index in [1.54, 1.807) is 13.0 Å². The van der Waals surface area contributed by atoms with Gasteiger partial charge in [0.15, 0.2) is 0 Å². The molecule has 0 saturated heterocycles. The number of halogens is 2. The van der Waals surface area contributed by atoms with Crippen LogP contribution in [-0.2, 0) is 10.8 Å².